The van der Waals surface area contributed by atoms with E-state index in [1.54, 1.807) is 0 Å². The zero-order valence-electron chi connectivity index (χ0n) is 17.8. The molecular weight excluding hydrogens is 362 g/mol. The molecule has 2 saturated heterocycles. The Balaban J connectivity index is 1.28. The van der Waals surface area contributed by atoms with E-state index >= 15 is 0 Å². The van der Waals surface area contributed by atoms with Gasteiger partial charge in [0.25, 0.3) is 0 Å². The van der Waals surface area contributed by atoms with Crippen LogP contribution in [0.15, 0.2) is 24.3 Å². The van der Waals surface area contributed by atoms with E-state index in [9.17, 15) is 9.59 Å². The number of rotatable bonds is 4. The Kier molecular flexibility index (Phi) is 6.53. The predicted molar refractivity (Wildman–Crippen MR) is 114 cm³/mol. The third kappa shape index (κ3) is 4.66. The van der Waals surface area contributed by atoms with Gasteiger partial charge in [0.2, 0.25) is 11.8 Å². The van der Waals surface area contributed by atoms with Crippen molar-refractivity contribution in [1.29, 1.82) is 0 Å². The molecule has 4 rings (SSSR count). The maximum absolute atomic E-state index is 13.0. The molecule has 2 fully saturated rings. The van der Waals surface area contributed by atoms with E-state index in [1.165, 1.54) is 17.5 Å². The fraction of sp³-hybridized carbons (Fsp3) is 0.667. The first-order chi connectivity index (χ1) is 14.1. The first-order valence-electron chi connectivity index (χ1n) is 11.5. The molecule has 0 saturated carbocycles. The zero-order valence-corrected chi connectivity index (χ0v) is 17.8. The van der Waals surface area contributed by atoms with Gasteiger partial charge in [0, 0.05) is 26.1 Å². The maximum atomic E-state index is 13.0. The maximum Gasteiger partial charge on any atom is 0.237 e. The number of likely N-dealkylation sites (N-methyl/N-ethyl adjacent to an activating group) is 1. The second kappa shape index (κ2) is 9.29. The summed E-state index contributed by atoms with van der Waals surface area (Å²) in [6, 6.07) is 8.76. The van der Waals surface area contributed by atoms with Crippen LogP contribution in [0, 0.1) is 5.92 Å². The fourth-order valence-corrected chi connectivity index (χ4v) is 5.32. The van der Waals surface area contributed by atoms with Crippen molar-refractivity contribution in [2.45, 2.75) is 57.4 Å². The van der Waals surface area contributed by atoms with Crippen LogP contribution in [0.5, 0.6) is 0 Å². The lowest BCUT2D eigenvalue weighted by Crippen LogP contribution is -2.47. The summed E-state index contributed by atoms with van der Waals surface area (Å²) in [4.78, 5) is 32.0. The van der Waals surface area contributed by atoms with Crippen molar-refractivity contribution in [3.05, 3.63) is 35.4 Å². The van der Waals surface area contributed by atoms with Crippen LogP contribution in [0.2, 0.25) is 0 Å². The molecule has 1 aromatic carbocycles. The number of carbonyl (C=O) groups excluding carboxylic acids is 2. The number of hydrogen-bond donors (Lipinski definition) is 0. The van der Waals surface area contributed by atoms with Crippen molar-refractivity contribution in [1.82, 2.24) is 14.7 Å². The number of piperidine rings is 2. The number of aryl methyl sites for hydroxylation is 1. The van der Waals surface area contributed by atoms with Gasteiger partial charge in [-0.05, 0) is 75.6 Å². The van der Waals surface area contributed by atoms with E-state index in [0.29, 0.717) is 12.5 Å². The largest absolute Gasteiger partial charge is 0.342 e. The number of hydrogen-bond acceptors (Lipinski definition) is 3. The van der Waals surface area contributed by atoms with Crippen molar-refractivity contribution in [2.75, 3.05) is 39.8 Å². The average molecular weight is 398 g/mol. The Morgan fingerprint density at radius 2 is 1.69 bits per heavy atom. The van der Waals surface area contributed by atoms with E-state index in [0.717, 1.165) is 71.1 Å². The minimum atomic E-state index is 0.155. The smallest absolute Gasteiger partial charge is 0.237 e. The van der Waals surface area contributed by atoms with E-state index in [4.69, 9.17) is 0 Å². The van der Waals surface area contributed by atoms with Gasteiger partial charge >= 0.3 is 0 Å². The van der Waals surface area contributed by atoms with Gasteiger partial charge in [-0.15, -0.1) is 0 Å². The summed E-state index contributed by atoms with van der Waals surface area (Å²) < 4.78 is 0. The highest BCUT2D eigenvalue weighted by atomic mass is 16.2. The Morgan fingerprint density at radius 3 is 2.45 bits per heavy atom. The lowest BCUT2D eigenvalue weighted by Gasteiger charge is -2.37. The van der Waals surface area contributed by atoms with Crippen molar-refractivity contribution < 1.29 is 9.59 Å². The molecule has 0 N–H and O–H groups in total. The standard InChI is InChI=1S/C24H35N3O2/c1-25(22-11-7-9-19-8-3-4-10-21(19)22)23(28)18-26-16-12-20(13-17-26)24(29)27-14-5-2-6-15-27/h3-4,8,10,20,22H,2,5-7,9,11-18H2,1H3. The number of fused-ring (bicyclic) bond motifs is 1. The summed E-state index contributed by atoms with van der Waals surface area (Å²) in [5.41, 5.74) is 2.71. The van der Waals surface area contributed by atoms with Gasteiger partial charge in [-0.25, -0.2) is 0 Å². The van der Waals surface area contributed by atoms with Crippen LogP contribution in [0.4, 0.5) is 0 Å². The molecule has 1 unspecified atom stereocenters. The lowest BCUT2D eigenvalue weighted by molar-refractivity contribution is -0.138. The molecule has 2 aliphatic heterocycles. The van der Waals surface area contributed by atoms with Crippen molar-refractivity contribution in [3.63, 3.8) is 0 Å². The first kappa shape index (κ1) is 20.4. The quantitative estimate of drug-likeness (QED) is 0.783. The van der Waals surface area contributed by atoms with Crippen LogP contribution in [0.1, 0.15) is 62.1 Å². The Hall–Kier alpha value is -1.88. The summed E-state index contributed by atoms with van der Waals surface area (Å²) >= 11 is 0. The van der Waals surface area contributed by atoms with Crippen LogP contribution in [0.3, 0.4) is 0 Å². The summed E-state index contributed by atoms with van der Waals surface area (Å²) in [7, 11) is 1.96. The average Bonchev–Trinajstić information content (AvgIpc) is 2.79. The van der Waals surface area contributed by atoms with Crippen molar-refractivity contribution >= 4 is 11.8 Å². The first-order valence-corrected chi connectivity index (χ1v) is 11.5. The highest BCUT2D eigenvalue weighted by Crippen LogP contribution is 2.33. The molecule has 5 heteroatoms. The monoisotopic (exact) mass is 397 g/mol. The molecule has 1 aliphatic carbocycles. The molecule has 5 nitrogen and oxygen atoms in total. The van der Waals surface area contributed by atoms with Crippen LogP contribution in [0.25, 0.3) is 0 Å². The molecule has 1 atom stereocenters. The van der Waals surface area contributed by atoms with E-state index in [2.05, 4.69) is 34.1 Å². The van der Waals surface area contributed by atoms with E-state index in [1.807, 2.05) is 11.9 Å². The van der Waals surface area contributed by atoms with Gasteiger partial charge in [0.15, 0.2) is 0 Å². The second-order valence-corrected chi connectivity index (χ2v) is 9.05. The summed E-state index contributed by atoms with van der Waals surface area (Å²) in [6.45, 7) is 4.05. The Labute approximate surface area is 175 Å². The minimum Gasteiger partial charge on any atom is -0.342 e. The molecule has 0 aromatic heterocycles. The molecule has 0 spiro atoms. The van der Waals surface area contributed by atoms with E-state index in [-0.39, 0.29) is 17.9 Å². The number of nitrogens with zero attached hydrogens (tertiary/aromatic N) is 3. The highest BCUT2D eigenvalue weighted by Gasteiger charge is 2.31. The van der Waals surface area contributed by atoms with Gasteiger partial charge in [-0.2, -0.15) is 0 Å². The van der Waals surface area contributed by atoms with Gasteiger partial charge < -0.3 is 9.80 Å². The molecule has 1 aromatic rings. The normalized spacial score (nSPS) is 23.5. The van der Waals surface area contributed by atoms with Gasteiger partial charge in [-0.1, -0.05) is 24.3 Å². The van der Waals surface area contributed by atoms with Gasteiger partial charge in [-0.3, -0.25) is 14.5 Å². The molecule has 158 valence electrons. The molecular formula is C24H35N3O2. The number of likely N-dealkylation sites (tertiary alicyclic amines) is 2. The van der Waals surface area contributed by atoms with Crippen LogP contribution in [-0.2, 0) is 16.0 Å². The predicted octanol–water partition coefficient (Wildman–Crippen LogP) is 3.25. The number of amides is 2. The summed E-state index contributed by atoms with van der Waals surface area (Å²) in [5.74, 6) is 0.710. The third-order valence-corrected chi connectivity index (χ3v) is 7.16. The summed E-state index contributed by atoms with van der Waals surface area (Å²) in [6.07, 6.45) is 8.63. The lowest BCUT2D eigenvalue weighted by atomic mass is 9.87. The van der Waals surface area contributed by atoms with Gasteiger partial charge in [0.1, 0.15) is 0 Å². The van der Waals surface area contributed by atoms with Crippen LogP contribution in [-0.4, -0.2) is 66.3 Å². The fourth-order valence-electron chi connectivity index (χ4n) is 5.32. The van der Waals surface area contributed by atoms with Crippen molar-refractivity contribution in [2.24, 2.45) is 5.92 Å². The SMILES string of the molecule is CN(C(=O)CN1CCC(C(=O)N2CCCCC2)CC1)C1CCCc2ccccc21. The van der Waals surface area contributed by atoms with Gasteiger partial charge in [0.05, 0.1) is 12.6 Å². The molecule has 2 heterocycles. The topological polar surface area (TPSA) is 43.9 Å². The van der Waals surface area contributed by atoms with Crippen molar-refractivity contribution in [3.8, 4) is 0 Å². The van der Waals surface area contributed by atoms with Crippen LogP contribution < -0.4 is 0 Å². The molecule has 2 amide bonds. The Bertz CT molecular complexity index is 721. The number of carbonyl (C=O) groups is 2. The zero-order chi connectivity index (χ0) is 20.2. The molecule has 0 bridgehead atoms. The third-order valence-electron chi connectivity index (χ3n) is 7.16. The highest BCUT2D eigenvalue weighted by molar-refractivity contribution is 5.80. The van der Waals surface area contributed by atoms with Crippen LogP contribution >= 0.6 is 0 Å². The Morgan fingerprint density at radius 1 is 0.966 bits per heavy atom. The minimum absolute atomic E-state index is 0.155. The second-order valence-electron chi connectivity index (χ2n) is 9.05. The summed E-state index contributed by atoms with van der Waals surface area (Å²) in [5, 5.41) is 0. The number of benzene rings is 1. The molecule has 0 radical (unpaired) electrons. The molecule has 29 heavy (non-hydrogen) atoms. The molecule has 3 aliphatic rings. The van der Waals surface area contributed by atoms with E-state index < -0.39 is 0 Å².